The Bertz CT molecular complexity index is 501. The molecule has 19 heavy (non-hydrogen) atoms. The van der Waals surface area contributed by atoms with Crippen LogP contribution in [0.25, 0.3) is 0 Å². The topological polar surface area (TPSA) is 70.5 Å². The van der Waals surface area contributed by atoms with Crippen LogP contribution in [0.1, 0.15) is 26.8 Å². The molecule has 0 saturated carbocycles. The molecular formula is C12H16N2O3S2. The number of hydrogen-bond acceptors (Lipinski definition) is 5. The van der Waals surface area contributed by atoms with Gasteiger partial charge in [-0.05, 0) is 13.8 Å². The summed E-state index contributed by atoms with van der Waals surface area (Å²) in [5.74, 6) is 0.616. The van der Waals surface area contributed by atoms with Crippen molar-refractivity contribution in [3.05, 3.63) is 15.6 Å². The van der Waals surface area contributed by atoms with E-state index in [1.54, 1.807) is 16.7 Å². The molecule has 1 aliphatic heterocycles. The van der Waals surface area contributed by atoms with Gasteiger partial charge in [-0.15, -0.1) is 11.3 Å². The number of nitrogens with zero attached hydrogens (tertiary/aromatic N) is 2. The highest BCUT2D eigenvalue weighted by Gasteiger charge is 2.31. The van der Waals surface area contributed by atoms with Crippen molar-refractivity contribution >= 4 is 35.0 Å². The number of aromatic nitrogens is 1. The molecule has 1 fully saturated rings. The molecule has 0 spiro atoms. The first-order valence-corrected chi connectivity index (χ1v) is 8.00. The van der Waals surface area contributed by atoms with Gasteiger partial charge in [-0.1, -0.05) is 0 Å². The smallest absolute Gasteiger partial charge is 0.305 e. The second-order valence-electron chi connectivity index (χ2n) is 4.47. The number of carbonyl (C=O) groups excluding carboxylic acids is 1. The number of aliphatic carboxylic acids is 1. The van der Waals surface area contributed by atoms with Gasteiger partial charge in [0, 0.05) is 18.1 Å². The van der Waals surface area contributed by atoms with Crippen LogP contribution < -0.4 is 0 Å². The summed E-state index contributed by atoms with van der Waals surface area (Å²) in [5, 5.41) is 9.80. The first-order chi connectivity index (χ1) is 8.99. The zero-order chi connectivity index (χ0) is 14.0. The maximum atomic E-state index is 12.5. The van der Waals surface area contributed by atoms with E-state index < -0.39 is 5.97 Å². The van der Waals surface area contributed by atoms with Crippen LogP contribution in [0.2, 0.25) is 0 Å². The third-order valence-electron chi connectivity index (χ3n) is 3.00. The number of thiazole rings is 1. The van der Waals surface area contributed by atoms with E-state index in [2.05, 4.69) is 4.98 Å². The van der Waals surface area contributed by atoms with Crippen LogP contribution in [0.5, 0.6) is 0 Å². The zero-order valence-electron chi connectivity index (χ0n) is 10.9. The quantitative estimate of drug-likeness (QED) is 0.921. The Morgan fingerprint density at radius 3 is 2.79 bits per heavy atom. The molecule has 2 heterocycles. The first kappa shape index (κ1) is 14.3. The Balaban J connectivity index is 2.19. The van der Waals surface area contributed by atoms with Crippen molar-refractivity contribution in [2.24, 2.45) is 0 Å². The Morgan fingerprint density at radius 2 is 2.21 bits per heavy atom. The molecule has 1 aliphatic rings. The number of hydrogen-bond donors (Lipinski definition) is 1. The molecule has 1 unspecified atom stereocenters. The molecule has 0 radical (unpaired) electrons. The van der Waals surface area contributed by atoms with Gasteiger partial charge in [0.25, 0.3) is 5.91 Å². The van der Waals surface area contributed by atoms with E-state index in [0.717, 1.165) is 16.5 Å². The molecular weight excluding hydrogens is 284 g/mol. The summed E-state index contributed by atoms with van der Waals surface area (Å²) < 4.78 is 0. The fourth-order valence-corrected chi connectivity index (χ4v) is 4.09. The molecule has 0 aliphatic carbocycles. The molecule has 0 aromatic carbocycles. The summed E-state index contributed by atoms with van der Waals surface area (Å²) in [7, 11) is 0. The molecule has 1 atom stereocenters. The lowest BCUT2D eigenvalue weighted by Gasteiger charge is -2.34. The van der Waals surface area contributed by atoms with Gasteiger partial charge in [-0.25, -0.2) is 4.98 Å². The summed E-state index contributed by atoms with van der Waals surface area (Å²) in [6, 6.07) is -0.217. The molecule has 7 heteroatoms. The highest BCUT2D eigenvalue weighted by Crippen LogP contribution is 2.25. The number of thioether (sulfide) groups is 1. The van der Waals surface area contributed by atoms with E-state index in [0.29, 0.717) is 17.2 Å². The second kappa shape index (κ2) is 5.92. The third kappa shape index (κ3) is 3.27. The van der Waals surface area contributed by atoms with Gasteiger partial charge in [-0.2, -0.15) is 11.8 Å². The summed E-state index contributed by atoms with van der Waals surface area (Å²) in [6.45, 7) is 4.30. The molecule has 1 aromatic rings. The fraction of sp³-hybridized carbons (Fsp3) is 0.583. The number of aryl methyl sites for hydroxylation is 2. The molecule has 104 valence electrons. The van der Waals surface area contributed by atoms with Crippen molar-refractivity contribution in [1.82, 2.24) is 9.88 Å². The number of carboxylic acids is 1. The SMILES string of the molecule is Cc1nc(C)c(C(=O)N2CCSCC2CC(=O)O)s1. The van der Waals surface area contributed by atoms with E-state index in [4.69, 9.17) is 5.11 Å². The van der Waals surface area contributed by atoms with E-state index in [-0.39, 0.29) is 18.4 Å². The predicted octanol–water partition coefficient (Wildman–Crippen LogP) is 1.79. The monoisotopic (exact) mass is 300 g/mol. The molecule has 1 N–H and O–H groups in total. The van der Waals surface area contributed by atoms with Crippen LogP contribution in [0, 0.1) is 13.8 Å². The van der Waals surface area contributed by atoms with Crippen LogP contribution in [0.3, 0.4) is 0 Å². The molecule has 1 amide bonds. The van der Waals surface area contributed by atoms with Gasteiger partial charge in [0.1, 0.15) is 4.88 Å². The lowest BCUT2D eigenvalue weighted by molar-refractivity contribution is -0.138. The minimum absolute atomic E-state index is 0.00950. The standard InChI is InChI=1S/C12H16N2O3S2/c1-7-11(19-8(2)13-7)12(17)14-3-4-18-6-9(14)5-10(15)16/h9H,3-6H2,1-2H3,(H,15,16). The highest BCUT2D eigenvalue weighted by atomic mass is 32.2. The number of rotatable bonds is 3. The number of amides is 1. The molecule has 0 bridgehead atoms. The van der Waals surface area contributed by atoms with Crippen molar-refractivity contribution in [1.29, 1.82) is 0 Å². The average Bonchev–Trinajstić information content (AvgIpc) is 2.67. The summed E-state index contributed by atoms with van der Waals surface area (Å²) in [5.41, 5.74) is 0.736. The maximum absolute atomic E-state index is 12.5. The largest absolute Gasteiger partial charge is 0.481 e. The Kier molecular flexibility index (Phi) is 4.46. The van der Waals surface area contributed by atoms with Gasteiger partial charge >= 0.3 is 5.97 Å². The second-order valence-corrected chi connectivity index (χ2v) is 6.83. The Morgan fingerprint density at radius 1 is 1.47 bits per heavy atom. The van der Waals surface area contributed by atoms with E-state index in [9.17, 15) is 9.59 Å². The van der Waals surface area contributed by atoms with Crippen LogP contribution in [-0.4, -0.2) is 51.0 Å². The number of carboxylic acid groups (broad SMARTS) is 1. The van der Waals surface area contributed by atoms with Crippen LogP contribution >= 0.6 is 23.1 Å². The average molecular weight is 300 g/mol. The minimum atomic E-state index is -0.859. The van der Waals surface area contributed by atoms with Gasteiger partial charge in [0.15, 0.2) is 0 Å². The van der Waals surface area contributed by atoms with Crippen LogP contribution in [0.4, 0.5) is 0 Å². The van der Waals surface area contributed by atoms with Crippen LogP contribution in [-0.2, 0) is 4.79 Å². The van der Waals surface area contributed by atoms with Crippen molar-refractivity contribution in [3.63, 3.8) is 0 Å². The molecule has 1 aromatic heterocycles. The molecule has 2 rings (SSSR count). The van der Waals surface area contributed by atoms with Gasteiger partial charge in [0.05, 0.1) is 23.2 Å². The summed E-state index contributed by atoms with van der Waals surface area (Å²) in [6.07, 6.45) is 0.00950. The normalized spacial score (nSPS) is 19.5. The Labute approximate surface area is 120 Å². The van der Waals surface area contributed by atoms with Crippen molar-refractivity contribution in [3.8, 4) is 0 Å². The zero-order valence-corrected chi connectivity index (χ0v) is 12.5. The highest BCUT2D eigenvalue weighted by molar-refractivity contribution is 7.99. The summed E-state index contributed by atoms with van der Waals surface area (Å²) in [4.78, 5) is 30.0. The van der Waals surface area contributed by atoms with Gasteiger partial charge < -0.3 is 10.0 Å². The lowest BCUT2D eigenvalue weighted by Crippen LogP contribution is -2.47. The predicted molar refractivity (Wildman–Crippen MR) is 76.0 cm³/mol. The molecule has 1 saturated heterocycles. The van der Waals surface area contributed by atoms with Gasteiger partial charge in [0.2, 0.25) is 0 Å². The fourth-order valence-electron chi connectivity index (χ4n) is 2.15. The Hall–Kier alpha value is -1.08. The van der Waals surface area contributed by atoms with Crippen molar-refractivity contribution in [2.45, 2.75) is 26.3 Å². The maximum Gasteiger partial charge on any atom is 0.305 e. The minimum Gasteiger partial charge on any atom is -0.481 e. The van der Waals surface area contributed by atoms with E-state index in [1.807, 2.05) is 13.8 Å². The van der Waals surface area contributed by atoms with Crippen LogP contribution in [0.15, 0.2) is 0 Å². The molecule has 5 nitrogen and oxygen atoms in total. The first-order valence-electron chi connectivity index (χ1n) is 6.03. The summed E-state index contributed by atoms with van der Waals surface area (Å²) >= 11 is 3.08. The van der Waals surface area contributed by atoms with E-state index >= 15 is 0 Å². The van der Waals surface area contributed by atoms with Gasteiger partial charge in [-0.3, -0.25) is 9.59 Å². The number of carbonyl (C=O) groups is 2. The van der Waals surface area contributed by atoms with E-state index in [1.165, 1.54) is 11.3 Å². The third-order valence-corrected chi connectivity index (χ3v) is 5.15. The van der Waals surface area contributed by atoms with Crippen molar-refractivity contribution in [2.75, 3.05) is 18.1 Å². The van der Waals surface area contributed by atoms with Crippen molar-refractivity contribution < 1.29 is 14.7 Å². The lowest BCUT2D eigenvalue weighted by atomic mass is 10.2.